The van der Waals surface area contributed by atoms with Crippen molar-refractivity contribution < 1.29 is 9.63 Å². The van der Waals surface area contributed by atoms with Gasteiger partial charge in [0.15, 0.2) is 0 Å². The van der Waals surface area contributed by atoms with Gasteiger partial charge in [-0.15, -0.1) is 0 Å². The number of hydrogen-bond donors (Lipinski definition) is 1. The first-order valence-corrected chi connectivity index (χ1v) is 6.45. The van der Waals surface area contributed by atoms with E-state index < -0.39 is 0 Å². The molecule has 3 aliphatic rings. The fraction of sp³-hybridized carbons (Fsp3) is 0.923. The average Bonchev–Trinajstić information content (AvgIpc) is 2.63. The topological polar surface area (TPSA) is 38.3 Å². The molecular weight excluding hydrogens is 202 g/mol. The van der Waals surface area contributed by atoms with Crippen molar-refractivity contribution in [2.45, 2.75) is 45.6 Å². The highest BCUT2D eigenvalue weighted by Crippen LogP contribution is 2.69. The Labute approximate surface area is 96.9 Å². The second-order valence-corrected chi connectivity index (χ2v) is 6.69. The zero-order chi connectivity index (χ0) is 11.5. The Morgan fingerprint density at radius 1 is 1.19 bits per heavy atom. The highest BCUT2D eigenvalue weighted by Gasteiger charge is 2.67. The number of fused-ring (bicyclic) bond motifs is 5. The monoisotopic (exact) mass is 223 g/mol. The quantitative estimate of drug-likeness (QED) is 0.728. The van der Waals surface area contributed by atoms with E-state index in [0.29, 0.717) is 11.8 Å². The lowest BCUT2D eigenvalue weighted by Gasteiger charge is -2.19. The predicted molar refractivity (Wildman–Crippen MR) is 60.3 cm³/mol. The molecule has 3 nitrogen and oxygen atoms in total. The molecule has 1 amide bonds. The molecule has 4 unspecified atom stereocenters. The van der Waals surface area contributed by atoms with Gasteiger partial charge < -0.3 is 0 Å². The van der Waals surface area contributed by atoms with Crippen molar-refractivity contribution >= 4 is 5.91 Å². The minimum atomic E-state index is -0.293. The first kappa shape index (κ1) is 10.6. The maximum Gasteiger partial charge on any atom is 0.247 e. The van der Waals surface area contributed by atoms with Crippen LogP contribution in [0, 0.1) is 29.6 Å². The van der Waals surface area contributed by atoms with Gasteiger partial charge in [-0.1, -0.05) is 0 Å². The maximum absolute atomic E-state index is 11.9. The summed E-state index contributed by atoms with van der Waals surface area (Å²) in [7, 11) is 0. The highest BCUT2D eigenvalue weighted by molar-refractivity contribution is 5.81. The van der Waals surface area contributed by atoms with Crippen LogP contribution in [-0.4, -0.2) is 11.5 Å². The third-order valence-corrected chi connectivity index (χ3v) is 4.50. The summed E-state index contributed by atoms with van der Waals surface area (Å²) in [4.78, 5) is 17.3. The van der Waals surface area contributed by atoms with Crippen molar-refractivity contribution in [2.75, 3.05) is 0 Å². The van der Waals surface area contributed by atoms with Crippen LogP contribution in [0.3, 0.4) is 0 Å². The lowest BCUT2D eigenvalue weighted by molar-refractivity contribution is -0.147. The van der Waals surface area contributed by atoms with Crippen LogP contribution in [0.5, 0.6) is 0 Å². The van der Waals surface area contributed by atoms with Gasteiger partial charge >= 0.3 is 0 Å². The number of carbonyl (C=O) groups is 1. The largest absolute Gasteiger partial charge is 0.272 e. The van der Waals surface area contributed by atoms with Crippen molar-refractivity contribution in [3.8, 4) is 0 Å². The molecule has 0 saturated heterocycles. The van der Waals surface area contributed by atoms with E-state index in [4.69, 9.17) is 4.84 Å². The molecule has 0 aromatic heterocycles. The molecule has 0 aliphatic heterocycles. The smallest absolute Gasteiger partial charge is 0.247 e. The Hall–Kier alpha value is -0.570. The Balaban J connectivity index is 1.55. The highest BCUT2D eigenvalue weighted by atomic mass is 16.7. The second kappa shape index (κ2) is 3.22. The summed E-state index contributed by atoms with van der Waals surface area (Å²) < 4.78 is 0. The number of rotatable bonds is 2. The van der Waals surface area contributed by atoms with Gasteiger partial charge in [0, 0.05) is 5.92 Å². The molecule has 3 rings (SSSR count). The summed E-state index contributed by atoms with van der Waals surface area (Å²) in [6.07, 6.45) is 4.10. The molecule has 0 heterocycles. The molecule has 0 radical (unpaired) electrons. The fourth-order valence-corrected chi connectivity index (χ4v) is 3.95. The predicted octanol–water partition coefficient (Wildman–Crippen LogP) is 2.12. The van der Waals surface area contributed by atoms with Crippen LogP contribution in [0.15, 0.2) is 0 Å². The van der Waals surface area contributed by atoms with Crippen LogP contribution < -0.4 is 5.48 Å². The summed E-state index contributed by atoms with van der Waals surface area (Å²) >= 11 is 0. The van der Waals surface area contributed by atoms with Gasteiger partial charge in [0.05, 0.1) is 5.60 Å². The van der Waals surface area contributed by atoms with E-state index in [1.807, 2.05) is 20.8 Å². The minimum absolute atomic E-state index is 0.126. The summed E-state index contributed by atoms with van der Waals surface area (Å²) in [5.41, 5.74) is 2.35. The van der Waals surface area contributed by atoms with Crippen LogP contribution in [0.1, 0.15) is 40.0 Å². The van der Waals surface area contributed by atoms with E-state index in [-0.39, 0.29) is 17.4 Å². The number of hydroxylamine groups is 1. The van der Waals surface area contributed by atoms with Crippen LogP contribution in [0.4, 0.5) is 0 Å². The van der Waals surface area contributed by atoms with E-state index in [1.165, 1.54) is 19.3 Å². The average molecular weight is 223 g/mol. The molecule has 0 aromatic carbocycles. The molecule has 0 aromatic rings. The van der Waals surface area contributed by atoms with Crippen molar-refractivity contribution in [3.63, 3.8) is 0 Å². The lowest BCUT2D eigenvalue weighted by atomic mass is 10.0. The van der Waals surface area contributed by atoms with Crippen LogP contribution in [0.25, 0.3) is 0 Å². The summed E-state index contributed by atoms with van der Waals surface area (Å²) in [5, 5.41) is 0. The first-order chi connectivity index (χ1) is 7.47. The Bertz CT molecular complexity index is 304. The molecule has 3 heteroatoms. The maximum atomic E-state index is 11.9. The Morgan fingerprint density at radius 3 is 2.25 bits per heavy atom. The van der Waals surface area contributed by atoms with Crippen molar-refractivity contribution in [3.05, 3.63) is 0 Å². The standard InChI is InChI=1S/C13H21NO2/c1-13(2,3)16-14-12(15)11-9-7-4-5-8(6-7)10(9)11/h7-11H,4-6H2,1-3H3,(H,14,15). The third-order valence-electron chi connectivity index (χ3n) is 4.50. The van der Waals surface area contributed by atoms with E-state index in [2.05, 4.69) is 5.48 Å². The molecule has 16 heavy (non-hydrogen) atoms. The van der Waals surface area contributed by atoms with Crippen LogP contribution >= 0.6 is 0 Å². The van der Waals surface area contributed by atoms with Crippen molar-refractivity contribution in [2.24, 2.45) is 29.6 Å². The van der Waals surface area contributed by atoms with Gasteiger partial charge in [-0.2, -0.15) is 0 Å². The van der Waals surface area contributed by atoms with Gasteiger partial charge in [0.1, 0.15) is 0 Å². The van der Waals surface area contributed by atoms with E-state index >= 15 is 0 Å². The van der Waals surface area contributed by atoms with Gasteiger partial charge in [0.25, 0.3) is 0 Å². The van der Waals surface area contributed by atoms with Gasteiger partial charge in [-0.3, -0.25) is 9.63 Å². The van der Waals surface area contributed by atoms with Crippen molar-refractivity contribution in [1.82, 2.24) is 5.48 Å². The Morgan fingerprint density at radius 2 is 1.75 bits per heavy atom. The summed E-state index contributed by atoms with van der Waals surface area (Å²) in [6, 6.07) is 0. The molecule has 1 N–H and O–H groups in total. The zero-order valence-corrected chi connectivity index (χ0v) is 10.3. The summed E-state index contributed by atoms with van der Waals surface area (Å²) in [5.74, 6) is 3.49. The normalized spacial score (nSPS) is 44.3. The molecule has 3 aliphatic carbocycles. The fourth-order valence-electron chi connectivity index (χ4n) is 3.95. The number of hydrogen-bond acceptors (Lipinski definition) is 2. The molecule has 3 saturated carbocycles. The first-order valence-electron chi connectivity index (χ1n) is 6.45. The van der Waals surface area contributed by atoms with E-state index in [1.54, 1.807) is 0 Å². The number of carbonyl (C=O) groups excluding carboxylic acids is 1. The lowest BCUT2D eigenvalue weighted by Crippen LogP contribution is -2.35. The van der Waals surface area contributed by atoms with Gasteiger partial charge in [-0.25, -0.2) is 5.48 Å². The third kappa shape index (κ3) is 1.56. The molecule has 0 spiro atoms. The number of amides is 1. The van der Waals surface area contributed by atoms with Crippen LogP contribution in [-0.2, 0) is 9.63 Å². The van der Waals surface area contributed by atoms with Gasteiger partial charge in [0.2, 0.25) is 5.91 Å². The number of nitrogens with one attached hydrogen (secondary N) is 1. The molecule has 2 bridgehead atoms. The Kier molecular flexibility index (Phi) is 2.13. The SMILES string of the molecule is CC(C)(C)ONC(=O)C1C2C3CCC(C3)C12. The molecule has 3 fully saturated rings. The zero-order valence-electron chi connectivity index (χ0n) is 10.3. The molecule has 4 atom stereocenters. The second-order valence-electron chi connectivity index (χ2n) is 6.69. The van der Waals surface area contributed by atoms with Crippen molar-refractivity contribution in [1.29, 1.82) is 0 Å². The van der Waals surface area contributed by atoms with E-state index in [9.17, 15) is 4.79 Å². The van der Waals surface area contributed by atoms with Crippen LogP contribution in [0.2, 0.25) is 0 Å². The molecular formula is C13H21NO2. The minimum Gasteiger partial charge on any atom is -0.272 e. The van der Waals surface area contributed by atoms with E-state index in [0.717, 1.165) is 11.8 Å². The van der Waals surface area contributed by atoms with Gasteiger partial charge in [-0.05, 0) is 63.7 Å². The molecule has 90 valence electrons. The summed E-state index contributed by atoms with van der Waals surface area (Å²) in [6.45, 7) is 5.85.